The van der Waals surface area contributed by atoms with E-state index in [1.807, 2.05) is 33.9 Å². The maximum atomic E-state index is 13.4. The van der Waals surface area contributed by atoms with Crippen LogP contribution in [0.1, 0.15) is 24.0 Å². The van der Waals surface area contributed by atoms with Crippen LogP contribution in [0.5, 0.6) is 5.75 Å². The molecular weight excluding hydrogens is 419 g/mol. The lowest BCUT2D eigenvalue weighted by molar-refractivity contribution is -0.138. The molecular formula is C24H22F3N3O2. The average Bonchev–Trinajstić information content (AvgIpc) is 3.44. The number of aromatic nitrogens is 2. The Kier molecular flexibility index (Phi) is 4.95. The second-order valence-electron chi connectivity index (χ2n) is 8.49. The Labute approximate surface area is 183 Å². The van der Waals surface area contributed by atoms with Crippen molar-refractivity contribution in [2.24, 2.45) is 5.41 Å². The maximum absolute atomic E-state index is 13.4. The van der Waals surface area contributed by atoms with E-state index in [0.717, 1.165) is 36.1 Å². The van der Waals surface area contributed by atoms with Crippen molar-refractivity contribution in [3.63, 3.8) is 0 Å². The molecule has 1 aliphatic heterocycles. The van der Waals surface area contributed by atoms with Crippen molar-refractivity contribution in [2.45, 2.75) is 32.1 Å². The third kappa shape index (κ3) is 3.97. The van der Waals surface area contributed by atoms with Gasteiger partial charge in [0, 0.05) is 31.0 Å². The van der Waals surface area contributed by atoms with E-state index < -0.39 is 17.2 Å². The maximum Gasteiger partial charge on any atom is 0.416 e. The van der Waals surface area contributed by atoms with Crippen molar-refractivity contribution in [1.29, 1.82) is 0 Å². The highest BCUT2D eigenvalue weighted by atomic mass is 19.4. The standard InChI is InChI=1S/C24H22F3N3O2/c25-24(26,27)20-4-1-17(2-5-20)18-3-6-21-19(13-18)14-30(11-12-32-21)22(31)23(7-8-23)15-29-10-9-28-16-29/h1-6,9-10,13,16H,7-8,11-12,14-15H2. The first-order chi connectivity index (χ1) is 15.3. The van der Waals surface area contributed by atoms with E-state index in [2.05, 4.69) is 4.98 Å². The van der Waals surface area contributed by atoms with Crippen molar-refractivity contribution in [1.82, 2.24) is 14.5 Å². The minimum atomic E-state index is -4.36. The first-order valence-corrected chi connectivity index (χ1v) is 10.5. The van der Waals surface area contributed by atoms with Gasteiger partial charge < -0.3 is 14.2 Å². The van der Waals surface area contributed by atoms with E-state index in [9.17, 15) is 18.0 Å². The summed E-state index contributed by atoms with van der Waals surface area (Å²) in [6, 6.07) is 10.7. The van der Waals surface area contributed by atoms with Crippen molar-refractivity contribution < 1.29 is 22.7 Å². The lowest BCUT2D eigenvalue weighted by atomic mass is 10.00. The Hall–Kier alpha value is -3.29. The highest BCUT2D eigenvalue weighted by Gasteiger charge is 2.52. The molecule has 1 aliphatic carbocycles. The smallest absolute Gasteiger partial charge is 0.416 e. The fraction of sp³-hybridized carbons (Fsp3) is 0.333. The van der Waals surface area contributed by atoms with Crippen LogP contribution >= 0.6 is 0 Å². The molecule has 1 aromatic heterocycles. The molecule has 1 saturated carbocycles. The monoisotopic (exact) mass is 441 g/mol. The summed E-state index contributed by atoms with van der Waals surface area (Å²) in [6.07, 6.45) is 2.63. The lowest BCUT2D eigenvalue weighted by Gasteiger charge is -2.26. The van der Waals surface area contributed by atoms with Gasteiger partial charge in [0.25, 0.3) is 0 Å². The van der Waals surface area contributed by atoms with Crippen LogP contribution < -0.4 is 4.74 Å². The fourth-order valence-electron chi connectivity index (χ4n) is 4.25. The van der Waals surface area contributed by atoms with E-state index in [0.29, 0.717) is 37.6 Å². The van der Waals surface area contributed by atoms with E-state index in [1.165, 1.54) is 12.1 Å². The Balaban J connectivity index is 1.37. The van der Waals surface area contributed by atoms with Crippen molar-refractivity contribution >= 4 is 5.91 Å². The first-order valence-electron chi connectivity index (χ1n) is 10.5. The second kappa shape index (κ2) is 7.69. The number of carbonyl (C=O) groups is 1. The predicted octanol–water partition coefficient (Wildman–Crippen LogP) is 4.77. The fourth-order valence-corrected chi connectivity index (χ4v) is 4.25. The zero-order chi connectivity index (χ0) is 22.3. The number of ether oxygens (including phenoxy) is 1. The summed E-state index contributed by atoms with van der Waals surface area (Å²) in [6.45, 7) is 1.92. The minimum Gasteiger partial charge on any atom is -0.491 e. The predicted molar refractivity (Wildman–Crippen MR) is 112 cm³/mol. The van der Waals surface area contributed by atoms with Crippen LogP contribution in [-0.2, 0) is 24.1 Å². The summed E-state index contributed by atoms with van der Waals surface area (Å²) in [4.78, 5) is 19.3. The third-order valence-electron chi connectivity index (χ3n) is 6.22. The molecule has 32 heavy (non-hydrogen) atoms. The molecule has 0 unspecified atom stereocenters. The summed E-state index contributed by atoms with van der Waals surface area (Å²) in [5, 5.41) is 0. The van der Waals surface area contributed by atoms with Crippen molar-refractivity contribution in [2.75, 3.05) is 13.2 Å². The van der Waals surface area contributed by atoms with Crippen LogP contribution in [0.3, 0.4) is 0 Å². The summed E-state index contributed by atoms with van der Waals surface area (Å²) in [5.74, 6) is 0.818. The summed E-state index contributed by atoms with van der Waals surface area (Å²) in [7, 11) is 0. The Bertz CT molecular complexity index is 1120. The summed E-state index contributed by atoms with van der Waals surface area (Å²) < 4.78 is 46.4. The molecule has 0 radical (unpaired) electrons. The molecule has 2 aromatic carbocycles. The number of benzene rings is 2. The quantitative estimate of drug-likeness (QED) is 0.586. The number of hydrogen-bond donors (Lipinski definition) is 0. The highest BCUT2D eigenvalue weighted by Crippen LogP contribution is 2.49. The number of hydrogen-bond acceptors (Lipinski definition) is 3. The molecule has 2 heterocycles. The molecule has 0 N–H and O–H groups in total. The van der Waals surface area contributed by atoms with Gasteiger partial charge >= 0.3 is 6.18 Å². The van der Waals surface area contributed by atoms with Crippen molar-refractivity contribution in [3.05, 3.63) is 72.3 Å². The van der Waals surface area contributed by atoms with E-state index in [4.69, 9.17) is 4.74 Å². The zero-order valence-electron chi connectivity index (χ0n) is 17.3. The van der Waals surface area contributed by atoms with Crippen LogP contribution in [0.4, 0.5) is 13.2 Å². The van der Waals surface area contributed by atoms with Crippen molar-refractivity contribution in [3.8, 4) is 16.9 Å². The van der Waals surface area contributed by atoms with Crippen LogP contribution in [-0.4, -0.2) is 33.5 Å². The van der Waals surface area contributed by atoms with Crippen LogP contribution in [0.2, 0.25) is 0 Å². The average molecular weight is 441 g/mol. The summed E-state index contributed by atoms with van der Waals surface area (Å²) >= 11 is 0. The van der Waals surface area contributed by atoms with Gasteiger partial charge in [-0.1, -0.05) is 18.2 Å². The number of carbonyl (C=O) groups excluding carboxylic acids is 1. The van der Waals surface area contributed by atoms with Crippen LogP contribution in [0, 0.1) is 5.41 Å². The molecule has 0 spiro atoms. The molecule has 0 atom stereocenters. The third-order valence-corrected chi connectivity index (χ3v) is 6.22. The number of alkyl halides is 3. The SMILES string of the molecule is O=C(N1CCOc2ccc(-c3ccc(C(F)(F)F)cc3)cc2C1)C1(Cn2ccnc2)CC1. The zero-order valence-corrected chi connectivity index (χ0v) is 17.3. The van der Waals surface area contributed by atoms with E-state index >= 15 is 0 Å². The Morgan fingerprint density at radius 1 is 1.09 bits per heavy atom. The lowest BCUT2D eigenvalue weighted by Crippen LogP contribution is -2.39. The second-order valence-corrected chi connectivity index (χ2v) is 8.49. The van der Waals surface area contributed by atoms with E-state index in [-0.39, 0.29) is 5.91 Å². The molecule has 0 bridgehead atoms. The molecule has 1 fully saturated rings. The minimum absolute atomic E-state index is 0.114. The molecule has 3 aromatic rings. The Morgan fingerprint density at radius 2 is 1.84 bits per heavy atom. The normalized spacial score (nSPS) is 17.3. The molecule has 0 saturated heterocycles. The van der Waals surface area contributed by atoms with Gasteiger partial charge in [-0.15, -0.1) is 0 Å². The largest absolute Gasteiger partial charge is 0.491 e. The topological polar surface area (TPSA) is 47.4 Å². The molecule has 2 aliphatic rings. The van der Waals surface area contributed by atoms with Gasteiger partial charge in [-0.3, -0.25) is 4.79 Å². The number of fused-ring (bicyclic) bond motifs is 1. The van der Waals surface area contributed by atoms with Gasteiger partial charge in [-0.25, -0.2) is 4.98 Å². The molecule has 5 rings (SSSR count). The number of imidazole rings is 1. The van der Waals surface area contributed by atoms with Gasteiger partial charge in [-0.05, 0) is 48.2 Å². The van der Waals surface area contributed by atoms with Gasteiger partial charge in [0.2, 0.25) is 5.91 Å². The number of halogens is 3. The molecule has 8 heteroatoms. The Morgan fingerprint density at radius 3 is 2.50 bits per heavy atom. The summed E-state index contributed by atoms with van der Waals surface area (Å²) in [5.41, 5.74) is 1.25. The van der Waals surface area contributed by atoms with Crippen LogP contribution in [0.25, 0.3) is 11.1 Å². The van der Waals surface area contributed by atoms with Gasteiger partial charge in [0.05, 0.1) is 23.9 Å². The first kappa shape index (κ1) is 20.6. The molecule has 1 amide bonds. The molecule has 5 nitrogen and oxygen atoms in total. The van der Waals surface area contributed by atoms with Gasteiger partial charge in [-0.2, -0.15) is 13.2 Å². The number of nitrogens with zero attached hydrogens (tertiary/aromatic N) is 3. The number of rotatable bonds is 4. The van der Waals surface area contributed by atoms with Gasteiger partial charge in [0.15, 0.2) is 0 Å². The highest BCUT2D eigenvalue weighted by molar-refractivity contribution is 5.85. The molecule has 166 valence electrons. The van der Waals surface area contributed by atoms with Crippen LogP contribution in [0.15, 0.2) is 61.2 Å². The van der Waals surface area contributed by atoms with Gasteiger partial charge in [0.1, 0.15) is 12.4 Å². The van der Waals surface area contributed by atoms with E-state index in [1.54, 1.807) is 12.5 Å². The number of amides is 1.